The Labute approximate surface area is 149 Å². The highest BCUT2D eigenvalue weighted by Crippen LogP contribution is 2.19. The van der Waals surface area contributed by atoms with Crippen molar-refractivity contribution >= 4 is 17.7 Å². The van der Waals surface area contributed by atoms with Crippen LogP contribution in [0.15, 0.2) is 0 Å². The summed E-state index contributed by atoms with van der Waals surface area (Å²) in [6.45, 7) is 9.36. The highest BCUT2D eigenvalue weighted by atomic mass is 16.4. The van der Waals surface area contributed by atoms with E-state index in [1.807, 2.05) is 18.7 Å². The minimum absolute atomic E-state index is 0.0278. The molecule has 0 aromatic rings. The van der Waals surface area contributed by atoms with Crippen LogP contribution in [0.3, 0.4) is 0 Å². The lowest BCUT2D eigenvalue weighted by Gasteiger charge is -2.47. The zero-order chi connectivity index (χ0) is 18.4. The molecule has 2 aliphatic rings. The molecule has 1 amide bonds. The molecule has 0 bridgehead atoms. The van der Waals surface area contributed by atoms with Gasteiger partial charge in [0.05, 0.1) is 32.7 Å². The number of amides is 1. The number of carboxylic acids is 1. The van der Waals surface area contributed by atoms with Gasteiger partial charge < -0.3 is 19.8 Å². The van der Waals surface area contributed by atoms with Crippen LogP contribution < -0.4 is 5.32 Å². The summed E-state index contributed by atoms with van der Waals surface area (Å²) in [4.78, 5) is 37.1. The minimum atomic E-state index is -0.765. The Kier molecular flexibility index (Phi) is 6.95. The van der Waals surface area contributed by atoms with Crippen molar-refractivity contribution in [1.82, 2.24) is 10.2 Å². The fourth-order valence-electron chi connectivity index (χ4n) is 3.72. The normalized spacial score (nSPS) is 20.4. The van der Waals surface area contributed by atoms with Crippen LogP contribution in [-0.4, -0.2) is 84.5 Å². The van der Waals surface area contributed by atoms with Crippen molar-refractivity contribution < 1.29 is 24.0 Å². The van der Waals surface area contributed by atoms with E-state index in [-0.39, 0.29) is 24.2 Å². The van der Waals surface area contributed by atoms with E-state index in [2.05, 4.69) is 5.32 Å². The SMILES string of the molecule is CC(C)C(=O)CCCC(=O)N1CC[N+](CC(=O)O)(CC2CNC2)CC1. The van der Waals surface area contributed by atoms with Crippen molar-refractivity contribution in [3.63, 3.8) is 0 Å². The maximum Gasteiger partial charge on any atom is 0.359 e. The molecule has 0 unspecified atom stereocenters. The lowest BCUT2D eigenvalue weighted by Crippen LogP contribution is -2.65. The second-order valence-electron chi connectivity index (χ2n) is 7.90. The number of carbonyl (C=O) groups is 3. The Morgan fingerprint density at radius 3 is 2.28 bits per heavy atom. The second-order valence-corrected chi connectivity index (χ2v) is 7.90. The van der Waals surface area contributed by atoms with Gasteiger partial charge in [-0.1, -0.05) is 13.8 Å². The Balaban J connectivity index is 1.80. The maximum atomic E-state index is 12.4. The van der Waals surface area contributed by atoms with Gasteiger partial charge in [0.15, 0.2) is 6.54 Å². The molecule has 25 heavy (non-hydrogen) atoms. The molecule has 0 radical (unpaired) electrons. The Bertz CT molecular complexity index is 495. The van der Waals surface area contributed by atoms with Gasteiger partial charge in [-0.05, 0) is 6.42 Å². The summed E-state index contributed by atoms with van der Waals surface area (Å²) in [5.41, 5.74) is 0. The molecule has 2 rings (SSSR count). The standard InChI is InChI=1S/C18H31N3O4/c1-14(2)16(22)4-3-5-17(23)20-6-8-21(9-7-20,13-18(24)25)12-15-10-19-11-15/h14-15,19H,3-13H2,1-2H3/p+1. The zero-order valence-corrected chi connectivity index (χ0v) is 15.5. The van der Waals surface area contributed by atoms with Gasteiger partial charge in [-0.15, -0.1) is 0 Å². The third-order valence-electron chi connectivity index (χ3n) is 5.48. The summed E-state index contributed by atoms with van der Waals surface area (Å²) in [7, 11) is 0. The smallest absolute Gasteiger partial charge is 0.359 e. The minimum Gasteiger partial charge on any atom is -0.477 e. The number of ketones is 1. The molecular weight excluding hydrogens is 322 g/mol. The molecule has 7 nitrogen and oxygen atoms in total. The average molecular weight is 354 g/mol. The van der Waals surface area contributed by atoms with Gasteiger partial charge in [-0.3, -0.25) is 9.59 Å². The zero-order valence-electron chi connectivity index (χ0n) is 15.5. The van der Waals surface area contributed by atoms with Crippen LogP contribution in [-0.2, 0) is 14.4 Å². The first-order chi connectivity index (χ1) is 11.8. The summed E-state index contributed by atoms with van der Waals surface area (Å²) < 4.78 is 0.581. The van der Waals surface area contributed by atoms with E-state index in [4.69, 9.17) is 0 Å². The van der Waals surface area contributed by atoms with Crippen LogP contribution in [0.4, 0.5) is 0 Å². The molecule has 2 aliphatic heterocycles. The number of aliphatic carboxylic acids is 1. The predicted octanol–water partition coefficient (Wildman–Crippen LogP) is 0.345. The number of quaternary nitrogens is 1. The van der Waals surface area contributed by atoms with Crippen LogP contribution >= 0.6 is 0 Å². The van der Waals surface area contributed by atoms with Crippen molar-refractivity contribution in [1.29, 1.82) is 0 Å². The van der Waals surface area contributed by atoms with Crippen molar-refractivity contribution in [3.05, 3.63) is 0 Å². The van der Waals surface area contributed by atoms with Crippen LogP contribution in [0, 0.1) is 11.8 Å². The molecule has 0 aliphatic carbocycles. The van der Waals surface area contributed by atoms with E-state index >= 15 is 0 Å². The van der Waals surface area contributed by atoms with Crippen molar-refractivity contribution in [2.75, 3.05) is 52.4 Å². The van der Waals surface area contributed by atoms with Gasteiger partial charge in [-0.25, -0.2) is 4.79 Å². The highest BCUT2D eigenvalue weighted by Gasteiger charge is 2.39. The Morgan fingerprint density at radius 1 is 1.16 bits per heavy atom. The second kappa shape index (κ2) is 8.76. The number of Topliss-reactive ketones (excluding diaryl/α,β-unsaturated/α-hetero) is 1. The van der Waals surface area contributed by atoms with Gasteiger partial charge in [0.25, 0.3) is 0 Å². The van der Waals surface area contributed by atoms with E-state index in [0.29, 0.717) is 55.8 Å². The van der Waals surface area contributed by atoms with Gasteiger partial charge >= 0.3 is 5.97 Å². The first-order valence-electron chi connectivity index (χ1n) is 9.39. The quantitative estimate of drug-likeness (QED) is 0.583. The third kappa shape index (κ3) is 5.78. The number of piperazine rings is 1. The molecule has 2 N–H and O–H groups in total. The first-order valence-corrected chi connectivity index (χ1v) is 9.39. The molecule has 142 valence electrons. The van der Waals surface area contributed by atoms with E-state index in [9.17, 15) is 19.5 Å². The number of rotatable bonds is 9. The summed E-state index contributed by atoms with van der Waals surface area (Å²) in [5.74, 6) is 0.107. The van der Waals surface area contributed by atoms with Gasteiger partial charge in [0.2, 0.25) is 5.91 Å². The first kappa shape index (κ1) is 19.8. The van der Waals surface area contributed by atoms with E-state index in [1.165, 1.54) is 0 Å². The Hall–Kier alpha value is -1.47. The van der Waals surface area contributed by atoms with Crippen molar-refractivity contribution in [3.8, 4) is 0 Å². The lowest BCUT2D eigenvalue weighted by atomic mass is 10.00. The predicted molar refractivity (Wildman–Crippen MR) is 94.0 cm³/mol. The molecule has 0 atom stereocenters. The fourth-order valence-corrected chi connectivity index (χ4v) is 3.72. The Morgan fingerprint density at radius 2 is 1.80 bits per heavy atom. The van der Waals surface area contributed by atoms with Gasteiger partial charge in [-0.2, -0.15) is 0 Å². The number of hydrogen-bond acceptors (Lipinski definition) is 4. The van der Waals surface area contributed by atoms with Gasteiger partial charge in [0, 0.05) is 37.8 Å². The molecule has 0 aromatic heterocycles. The number of nitrogens with one attached hydrogen (secondary N) is 1. The van der Waals surface area contributed by atoms with Crippen LogP contribution in [0.25, 0.3) is 0 Å². The summed E-state index contributed by atoms with van der Waals surface area (Å²) in [6, 6.07) is 0. The summed E-state index contributed by atoms with van der Waals surface area (Å²) in [5, 5.41) is 12.5. The summed E-state index contributed by atoms with van der Waals surface area (Å²) >= 11 is 0. The van der Waals surface area contributed by atoms with Gasteiger partial charge in [0.1, 0.15) is 5.78 Å². The number of hydrogen-bond donors (Lipinski definition) is 2. The molecule has 0 saturated carbocycles. The highest BCUT2D eigenvalue weighted by molar-refractivity contribution is 5.81. The van der Waals surface area contributed by atoms with E-state index < -0.39 is 5.97 Å². The third-order valence-corrected chi connectivity index (χ3v) is 5.48. The largest absolute Gasteiger partial charge is 0.477 e. The van der Waals surface area contributed by atoms with E-state index in [0.717, 1.165) is 19.6 Å². The number of carboxylic acid groups (broad SMARTS) is 1. The maximum absolute atomic E-state index is 12.4. The van der Waals surface area contributed by atoms with Crippen molar-refractivity contribution in [2.45, 2.75) is 33.1 Å². The topological polar surface area (TPSA) is 86.7 Å². The number of nitrogens with zero attached hydrogens (tertiary/aromatic N) is 2. The molecule has 0 aromatic carbocycles. The molecular formula is C18H32N3O4+. The molecule has 2 heterocycles. The molecule has 0 spiro atoms. The van der Waals surface area contributed by atoms with Crippen LogP contribution in [0.5, 0.6) is 0 Å². The van der Waals surface area contributed by atoms with Crippen LogP contribution in [0.2, 0.25) is 0 Å². The fraction of sp³-hybridized carbons (Fsp3) is 0.833. The number of carbonyl (C=O) groups excluding carboxylic acids is 2. The van der Waals surface area contributed by atoms with Crippen molar-refractivity contribution in [2.24, 2.45) is 11.8 Å². The van der Waals surface area contributed by atoms with E-state index in [1.54, 1.807) is 0 Å². The molecule has 2 saturated heterocycles. The monoisotopic (exact) mass is 354 g/mol. The lowest BCUT2D eigenvalue weighted by molar-refractivity contribution is -0.928. The molecule has 7 heteroatoms. The summed E-state index contributed by atoms with van der Waals surface area (Å²) in [6.07, 6.45) is 1.48. The molecule has 2 fully saturated rings. The average Bonchev–Trinajstić information content (AvgIpc) is 2.51. The van der Waals surface area contributed by atoms with Crippen LogP contribution in [0.1, 0.15) is 33.1 Å².